The summed E-state index contributed by atoms with van der Waals surface area (Å²) in [5.41, 5.74) is 0. The van der Waals surface area contributed by atoms with Gasteiger partial charge in [0.05, 0.1) is 11.5 Å². The maximum atomic E-state index is 9.01. The van der Waals surface area contributed by atoms with Crippen molar-refractivity contribution in [3.05, 3.63) is 11.1 Å². The third-order valence-electron chi connectivity index (χ3n) is 2.83. The van der Waals surface area contributed by atoms with E-state index in [1.807, 2.05) is 11.8 Å². The van der Waals surface area contributed by atoms with Gasteiger partial charge in [0.1, 0.15) is 0 Å². The van der Waals surface area contributed by atoms with E-state index in [4.69, 9.17) is 5.11 Å². The van der Waals surface area contributed by atoms with Crippen molar-refractivity contribution in [2.45, 2.75) is 31.7 Å². The summed E-state index contributed by atoms with van der Waals surface area (Å²) in [6.07, 6.45) is 1.78. The van der Waals surface area contributed by atoms with Crippen LogP contribution in [0.1, 0.15) is 18.7 Å². The van der Waals surface area contributed by atoms with Crippen molar-refractivity contribution in [1.82, 2.24) is 4.98 Å². The highest BCUT2D eigenvalue weighted by molar-refractivity contribution is 8.00. The Morgan fingerprint density at radius 2 is 2.40 bits per heavy atom. The van der Waals surface area contributed by atoms with Gasteiger partial charge in [-0.25, -0.2) is 4.98 Å². The molecule has 1 aromatic heterocycles. The maximum absolute atomic E-state index is 9.01. The van der Waals surface area contributed by atoms with Gasteiger partial charge < -0.3 is 10.0 Å². The summed E-state index contributed by atoms with van der Waals surface area (Å²) in [5.74, 6) is 1.17. The fourth-order valence-electron chi connectivity index (χ4n) is 1.71. The van der Waals surface area contributed by atoms with Gasteiger partial charge in [-0.15, -0.1) is 0 Å². The lowest BCUT2D eigenvalue weighted by Gasteiger charge is -2.37. The van der Waals surface area contributed by atoms with E-state index in [1.54, 1.807) is 17.5 Å². The third-order valence-corrected chi connectivity index (χ3v) is 5.18. The normalized spacial score (nSPS) is 27.0. The van der Waals surface area contributed by atoms with Crippen LogP contribution >= 0.6 is 23.1 Å². The Labute approximate surface area is 98.5 Å². The summed E-state index contributed by atoms with van der Waals surface area (Å²) in [5, 5.41) is 10.7. The number of hydrogen-bond acceptors (Lipinski definition) is 5. The van der Waals surface area contributed by atoms with Crippen LogP contribution in [0.2, 0.25) is 0 Å². The Bertz CT molecular complexity index is 329. The molecule has 1 fully saturated rings. The fraction of sp³-hybridized carbons (Fsp3) is 0.700. The summed E-state index contributed by atoms with van der Waals surface area (Å²) in [6, 6.07) is 0.529. The van der Waals surface area contributed by atoms with E-state index >= 15 is 0 Å². The lowest BCUT2D eigenvalue weighted by molar-refractivity contribution is 0.285. The fourth-order valence-corrected chi connectivity index (χ4v) is 3.69. The molecule has 0 radical (unpaired) electrons. The van der Waals surface area contributed by atoms with Gasteiger partial charge in [0.15, 0.2) is 5.13 Å². The van der Waals surface area contributed by atoms with Crippen molar-refractivity contribution in [2.24, 2.45) is 0 Å². The Balaban J connectivity index is 2.14. The highest BCUT2D eigenvalue weighted by atomic mass is 32.2. The van der Waals surface area contributed by atoms with Crippen molar-refractivity contribution in [2.75, 3.05) is 17.2 Å². The first kappa shape index (κ1) is 11.2. The molecule has 2 unspecified atom stereocenters. The van der Waals surface area contributed by atoms with Crippen LogP contribution in [-0.2, 0) is 6.61 Å². The molecule has 15 heavy (non-hydrogen) atoms. The SMILES string of the molecule is CC1SCCN(c2ncc(CO)s2)C1C. The van der Waals surface area contributed by atoms with Crippen molar-refractivity contribution in [1.29, 1.82) is 0 Å². The molecule has 3 nitrogen and oxygen atoms in total. The molecule has 0 spiro atoms. The topological polar surface area (TPSA) is 36.4 Å². The number of hydrogen-bond donors (Lipinski definition) is 1. The first-order valence-corrected chi connectivity index (χ1v) is 7.02. The molecule has 2 atom stereocenters. The molecule has 1 aliphatic rings. The number of thioether (sulfide) groups is 1. The van der Waals surface area contributed by atoms with Crippen LogP contribution in [0.5, 0.6) is 0 Å². The van der Waals surface area contributed by atoms with Gasteiger partial charge in [-0.2, -0.15) is 11.8 Å². The van der Waals surface area contributed by atoms with Crippen molar-refractivity contribution in [3.8, 4) is 0 Å². The van der Waals surface area contributed by atoms with Gasteiger partial charge in [0, 0.05) is 29.8 Å². The minimum atomic E-state index is 0.101. The highest BCUT2D eigenvalue weighted by Crippen LogP contribution is 2.31. The molecule has 1 aromatic rings. The van der Waals surface area contributed by atoms with Gasteiger partial charge in [-0.05, 0) is 6.92 Å². The molecule has 1 N–H and O–H groups in total. The Morgan fingerprint density at radius 1 is 1.60 bits per heavy atom. The van der Waals surface area contributed by atoms with Gasteiger partial charge in [-0.1, -0.05) is 18.3 Å². The van der Waals surface area contributed by atoms with Crippen LogP contribution in [-0.4, -0.2) is 33.7 Å². The summed E-state index contributed by atoms with van der Waals surface area (Å²) in [6.45, 7) is 5.68. The zero-order valence-electron chi connectivity index (χ0n) is 9.01. The number of aromatic nitrogens is 1. The maximum Gasteiger partial charge on any atom is 0.185 e. The molecule has 2 rings (SSSR count). The molecular formula is C10H16N2OS2. The van der Waals surface area contributed by atoms with E-state index in [0.29, 0.717) is 11.3 Å². The molecule has 0 saturated carbocycles. The summed E-state index contributed by atoms with van der Waals surface area (Å²) >= 11 is 3.62. The largest absolute Gasteiger partial charge is 0.391 e. The monoisotopic (exact) mass is 244 g/mol. The molecule has 0 aliphatic carbocycles. The van der Waals surface area contributed by atoms with Crippen LogP contribution in [0.4, 0.5) is 5.13 Å². The lowest BCUT2D eigenvalue weighted by atomic mass is 10.2. The van der Waals surface area contributed by atoms with Crippen molar-refractivity contribution >= 4 is 28.2 Å². The van der Waals surface area contributed by atoms with Crippen LogP contribution < -0.4 is 4.90 Å². The molecule has 0 bridgehead atoms. The zero-order valence-corrected chi connectivity index (χ0v) is 10.6. The van der Waals surface area contributed by atoms with Crippen LogP contribution in [0.25, 0.3) is 0 Å². The third kappa shape index (κ3) is 2.29. The van der Waals surface area contributed by atoms with Gasteiger partial charge >= 0.3 is 0 Å². The van der Waals surface area contributed by atoms with E-state index in [2.05, 4.69) is 23.7 Å². The number of aliphatic hydroxyl groups is 1. The van der Waals surface area contributed by atoms with Crippen LogP contribution in [0.15, 0.2) is 6.20 Å². The number of rotatable bonds is 2. The average Bonchev–Trinajstić information content (AvgIpc) is 2.70. The predicted octanol–water partition coefficient (Wildman–Crippen LogP) is 1.97. The second-order valence-electron chi connectivity index (χ2n) is 3.78. The molecule has 0 aromatic carbocycles. The first-order chi connectivity index (χ1) is 7.22. The second kappa shape index (κ2) is 4.72. The van der Waals surface area contributed by atoms with E-state index in [0.717, 1.165) is 16.6 Å². The van der Waals surface area contributed by atoms with Gasteiger partial charge in [-0.3, -0.25) is 0 Å². The standard InChI is InChI=1S/C10H16N2OS2/c1-7-8(2)14-4-3-12(7)10-11-5-9(6-13)15-10/h5,7-8,13H,3-4,6H2,1-2H3. The molecule has 5 heteroatoms. The van der Waals surface area contributed by atoms with Crippen molar-refractivity contribution in [3.63, 3.8) is 0 Å². The zero-order chi connectivity index (χ0) is 10.8. The van der Waals surface area contributed by atoms with E-state index in [9.17, 15) is 0 Å². The summed E-state index contributed by atoms with van der Waals surface area (Å²) in [7, 11) is 0. The Kier molecular flexibility index (Phi) is 3.53. The smallest absolute Gasteiger partial charge is 0.185 e. The van der Waals surface area contributed by atoms with E-state index in [-0.39, 0.29) is 6.61 Å². The predicted molar refractivity (Wildman–Crippen MR) is 66.8 cm³/mol. The van der Waals surface area contributed by atoms with Gasteiger partial charge in [0.2, 0.25) is 0 Å². The highest BCUT2D eigenvalue weighted by Gasteiger charge is 2.26. The summed E-state index contributed by atoms with van der Waals surface area (Å²) < 4.78 is 0. The van der Waals surface area contributed by atoms with Gasteiger partial charge in [0.25, 0.3) is 0 Å². The van der Waals surface area contributed by atoms with Crippen LogP contribution in [0, 0.1) is 0 Å². The minimum Gasteiger partial charge on any atom is -0.391 e. The second-order valence-corrected chi connectivity index (χ2v) is 6.36. The molecule has 84 valence electrons. The molecule has 0 amide bonds. The average molecular weight is 244 g/mol. The van der Waals surface area contributed by atoms with Crippen molar-refractivity contribution < 1.29 is 5.11 Å². The number of nitrogens with zero attached hydrogens (tertiary/aromatic N) is 2. The van der Waals surface area contributed by atoms with E-state index in [1.165, 1.54) is 5.75 Å². The molecule has 1 aliphatic heterocycles. The van der Waals surface area contributed by atoms with Crippen LogP contribution in [0.3, 0.4) is 0 Å². The molecule has 2 heterocycles. The first-order valence-electron chi connectivity index (χ1n) is 5.16. The van der Waals surface area contributed by atoms with E-state index < -0.39 is 0 Å². The molecular weight excluding hydrogens is 228 g/mol. The summed E-state index contributed by atoms with van der Waals surface area (Å²) in [4.78, 5) is 7.67. The number of thiazole rings is 1. The lowest BCUT2D eigenvalue weighted by Crippen LogP contribution is -2.44. The Morgan fingerprint density at radius 3 is 3.07 bits per heavy atom. The number of aliphatic hydroxyl groups excluding tert-OH is 1. The Hall–Kier alpha value is -0.260. The number of anilines is 1. The minimum absolute atomic E-state index is 0.101. The molecule has 1 saturated heterocycles. The quantitative estimate of drug-likeness (QED) is 0.863.